The number of pyridine rings is 1. The van der Waals surface area contributed by atoms with Crippen molar-refractivity contribution in [3.8, 4) is 45.0 Å². The Morgan fingerprint density at radius 3 is 1.59 bits per heavy atom. The standard InChI is InChI=1S/C55H35N3/c1-3-17-37(18-4-1)49-32-38(33-50(56-49)43-27-15-19-36-16-7-8-22-40(36)43)41-30-31-53(44-24-10-9-23-42(41)44)58-52-29-14-12-26-46(52)48-34-54-47(35-55(48)58)45-25-11-13-28-51(45)57(54)39-20-5-2-6-21-39/h1-35H. The molecule has 3 nitrogen and oxygen atoms in total. The van der Waals surface area contributed by atoms with E-state index >= 15 is 0 Å². The Bertz CT molecular complexity index is 3550. The maximum absolute atomic E-state index is 5.32. The molecule has 0 amide bonds. The summed E-state index contributed by atoms with van der Waals surface area (Å²) < 4.78 is 4.89. The zero-order valence-electron chi connectivity index (χ0n) is 31.5. The number of para-hydroxylation sites is 3. The highest BCUT2D eigenvalue weighted by molar-refractivity contribution is 6.19. The Balaban J connectivity index is 1.12. The molecule has 0 bridgehead atoms. The van der Waals surface area contributed by atoms with Gasteiger partial charge in [-0.25, -0.2) is 4.98 Å². The van der Waals surface area contributed by atoms with Crippen molar-refractivity contribution >= 4 is 65.2 Å². The molecule has 0 spiro atoms. The summed E-state index contributed by atoms with van der Waals surface area (Å²) in [5.41, 5.74) is 13.6. The summed E-state index contributed by atoms with van der Waals surface area (Å²) in [6.45, 7) is 0. The quantitative estimate of drug-likeness (QED) is 0.172. The van der Waals surface area contributed by atoms with Gasteiger partial charge in [0.15, 0.2) is 0 Å². The van der Waals surface area contributed by atoms with Crippen LogP contribution in [0.3, 0.4) is 0 Å². The number of fused-ring (bicyclic) bond motifs is 8. The average molecular weight is 738 g/mol. The normalized spacial score (nSPS) is 11.8. The molecule has 12 aromatic rings. The summed E-state index contributed by atoms with van der Waals surface area (Å²) in [7, 11) is 0. The largest absolute Gasteiger partial charge is 0.309 e. The zero-order valence-corrected chi connectivity index (χ0v) is 31.5. The van der Waals surface area contributed by atoms with Crippen molar-refractivity contribution in [1.29, 1.82) is 0 Å². The summed E-state index contributed by atoms with van der Waals surface area (Å²) in [6, 6.07) is 76.8. The SMILES string of the molecule is c1ccc(-c2cc(-c3ccc(-n4c5ccccc5c5cc6c(cc54)c4ccccc4n6-c4ccccc4)c4ccccc34)cc(-c3cccc4ccccc34)n2)cc1. The van der Waals surface area contributed by atoms with Gasteiger partial charge in [0.1, 0.15) is 0 Å². The number of hydrogen-bond acceptors (Lipinski definition) is 1. The van der Waals surface area contributed by atoms with E-state index in [9.17, 15) is 0 Å². The van der Waals surface area contributed by atoms with Gasteiger partial charge < -0.3 is 9.13 Å². The van der Waals surface area contributed by atoms with Gasteiger partial charge in [-0.15, -0.1) is 0 Å². The molecule has 0 saturated carbocycles. The molecule has 0 saturated heterocycles. The molecule has 0 N–H and O–H groups in total. The molecule has 0 aliphatic rings. The van der Waals surface area contributed by atoms with Crippen LogP contribution in [0.15, 0.2) is 212 Å². The fraction of sp³-hybridized carbons (Fsp3) is 0. The lowest BCUT2D eigenvalue weighted by Crippen LogP contribution is -1.97. The predicted molar refractivity (Wildman–Crippen MR) is 244 cm³/mol. The van der Waals surface area contributed by atoms with Gasteiger partial charge in [0.05, 0.1) is 39.1 Å². The molecule has 3 heterocycles. The van der Waals surface area contributed by atoms with Gasteiger partial charge in [-0.2, -0.15) is 0 Å². The smallest absolute Gasteiger partial charge is 0.0721 e. The minimum atomic E-state index is 0.954. The van der Waals surface area contributed by atoms with E-state index < -0.39 is 0 Å². The van der Waals surface area contributed by atoms with Crippen molar-refractivity contribution in [2.45, 2.75) is 0 Å². The van der Waals surface area contributed by atoms with Gasteiger partial charge in [-0.1, -0.05) is 158 Å². The van der Waals surface area contributed by atoms with E-state index in [-0.39, 0.29) is 0 Å². The molecule has 12 rings (SSSR count). The van der Waals surface area contributed by atoms with Gasteiger partial charge in [0.2, 0.25) is 0 Å². The van der Waals surface area contributed by atoms with E-state index in [1.165, 1.54) is 70.7 Å². The van der Waals surface area contributed by atoms with E-state index in [4.69, 9.17) is 4.98 Å². The molecule has 3 aromatic heterocycles. The van der Waals surface area contributed by atoms with E-state index in [1.54, 1.807) is 0 Å². The van der Waals surface area contributed by atoms with Gasteiger partial charge >= 0.3 is 0 Å². The van der Waals surface area contributed by atoms with Crippen molar-refractivity contribution in [2.24, 2.45) is 0 Å². The number of aromatic nitrogens is 3. The van der Waals surface area contributed by atoms with Crippen LogP contribution in [0, 0.1) is 0 Å². The highest BCUT2D eigenvalue weighted by Crippen LogP contribution is 2.43. The van der Waals surface area contributed by atoms with Crippen LogP contribution in [0.5, 0.6) is 0 Å². The van der Waals surface area contributed by atoms with E-state index in [2.05, 4.69) is 221 Å². The van der Waals surface area contributed by atoms with Crippen molar-refractivity contribution in [3.63, 3.8) is 0 Å². The first-order valence-electron chi connectivity index (χ1n) is 19.9. The van der Waals surface area contributed by atoms with Crippen molar-refractivity contribution in [3.05, 3.63) is 212 Å². The van der Waals surface area contributed by atoms with E-state index in [0.717, 1.165) is 39.5 Å². The first-order valence-corrected chi connectivity index (χ1v) is 19.9. The third-order valence-corrected chi connectivity index (χ3v) is 11.9. The number of nitrogens with zero attached hydrogens (tertiary/aromatic N) is 3. The van der Waals surface area contributed by atoms with Crippen LogP contribution in [-0.2, 0) is 0 Å². The highest BCUT2D eigenvalue weighted by atomic mass is 15.0. The monoisotopic (exact) mass is 737 g/mol. The van der Waals surface area contributed by atoms with Crippen LogP contribution in [0.2, 0.25) is 0 Å². The Morgan fingerprint density at radius 1 is 0.293 bits per heavy atom. The lowest BCUT2D eigenvalue weighted by atomic mass is 9.93. The molecular weight excluding hydrogens is 703 g/mol. The second-order valence-electron chi connectivity index (χ2n) is 15.1. The highest BCUT2D eigenvalue weighted by Gasteiger charge is 2.20. The van der Waals surface area contributed by atoms with Crippen LogP contribution in [0.4, 0.5) is 0 Å². The van der Waals surface area contributed by atoms with Gasteiger partial charge in [-0.3, -0.25) is 0 Å². The summed E-state index contributed by atoms with van der Waals surface area (Å²) in [6.07, 6.45) is 0. The molecule has 270 valence electrons. The van der Waals surface area contributed by atoms with Crippen LogP contribution in [-0.4, -0.2) is 14.1 Å². The lowest BCUT2D eigenvalue weighted by molar-refractivity contribution is 1.18. The topological polar surface area (TPSA) is 22.8 Å². The summed E-state index contributed by atoms with van der Waals surface area (Å²) in [5.74, 6) is 0. The zero-order chi connectivity index (χ0) is 38.2. The Hall–Kier alpha value is -7.75. The van der Waals surface area contributed by atoms with Gasteiger partial charge in [-0.05, 0) is 81.9 Å². The second kappa shape index (κ2) is 12.9. The average Bonchev–Trinajstić information content (AvgIpc) is 3.80. The molecule has 0 radical (unpaired) electrons. The molecule has 0 fully saturated rings. The fourth-order valence-corrected chi connectivity index (χ4v) is 9.30. The van der Waals surface area contributed by atoms with Crippen molar-refractivity contribution in [1.82, 2.24) is 14.1 Å². The molecule has 0 aliphatic heterocycles. The van der Waals surface area contributed by atoms with Crippen LogP contribution in [0.25, 0.3) is 110 Å². The van der Waals surface area contributed by atoms with Gasteiger partial charge in [0, 0.05) is 43.7 Å². The third-order valence-electron chi connectivity index (χ3n) is 11.9. The molecule has 0 aliphatic carbocycles. The summed E-state index contributed by atoms with van der Waals surface area (Å²) in [5, 5.41) is 9.74. The molecule has 58 heavy (non-hydrogen) atoms. The lowest BCUT2D eigenvalue weighted by Gasteiger charge is -2.17. The van der Waals surface area contributed by atoms with Crippen LogP contribution in [0.1, 0.15) is 0 Å². The molecular formula is C55H35N3. The first-order chi connectivity index (χ1) is 28.8. The second-order valence-corrected chi connectivity index (χ2v) is 15.1. The minimum Gasteiger partial charge on any atom is -0.309 e. The number of benzene rings is 9. The molecule has 3 heteroatoms. The Morgan fingerprint density at radius 2 is 0.845 bits per heavy atom. The Kier molecular flexibility index (Phi) is 7.23. The maximum Gasteiger partial charge on any atom is 0.0721 e. The minimum absolute atomic E-state index is 0.954. The molecule has 9 aromatic carbocycles. The maximum atomic E-state index is 5.32. The predicted octanol–water partition coefficient (Wildman–Crippen LogP) is 14.6. The van der Waals surface area contributed by atoms with Crippen molar-refractivity contribution in [2.75, 3.05) is 0 Å². The molecule has 0 atom stereocenters. The summed E-state index contributed by atoms with van der Waals surface area (Å²) >= 11 is 0. The number of hydrogen-bond donors (Lipinski definition) is 0. The van der Waals surface area contributed by atoms with Crippen LogP contribution < -0.4 is 0 Å². The van der Waals surface area contributed by atoms with Crippen LogP contribution >= 0.6 is 0 Å². The van der Waals surface area contributed by atoms with Crippen molar-refractivity contribution < 1.29 is 0 Å². The third kappa shape index (κ3) is 4.97. The van der Waals surface area contributed by atoms with Gasteiger partial charge in [0.25, 0.3) is 0 Å². The Labute approximate surface area is 335 Å². The first kappa shape index (κ1) is 32.5. The summed E-state index contributed by atoms with van der Waals surface area (Å²) in [4.78, 5) is 5.32. The van der Waals surface area contributed by atoms with E-state index in [1.807, 2.05) is 0 Å². The fourth-order valence-electron chi connectivity index (χ4n) is 9.30. The molecule has 0 unspecified atom stereocenters. The number of rotatable bonds is 5. The van der Waals surface area contributed by atoms with E-state index in [0.29, 0.717) is 0 Å².